The van der Waals surface area contributed by atoms with Gasteiger partial charge in [-0.15, -0.1) is 0 Å². The number of hydrogen-bond acceptors (Lipinski definition) is 4. The SMILES string of the molecule is CCCCCn1nc(C(=O)Nc2ccccc2N(C)C)c2ccccc2c1=O. The van der Waals surface area contributed by atoms with E-state index >= 15 is 0 Å². The van der Waals surface area contributed by atoms with Crippen LogP contribution in [0.4, 0.5) is 11.4 Å². The second-order valence-corrected chi connectivity index (χ2v) is 7.00. The van der Waals surface area contributed by atoms with E-state index in [0.717, 1.165) is 24.9 Å². The van der Waals surface area contributed by atoms with E-state index in [1.165, 1.54) is 4.68 Å². The lowest BCUT2D eigenvalue weighted by Crippen LogP contribution is -2.28. The van der Waals surface area contributed by atoms with E-state index in [4.69, 9.17) is 0 Å². The minimum atomic E-state index is -0.324. The first-order chi connectivity index (χ1) is 13.5. The summed E-state index contributed by atoms with van der Waals surface area (Å²) in [5, 5.41) is 8.46. The molecule has 1 amide bonds. The molecule has 1 N–H and O–H groups in total. The molecular weight excluding hydrogens is 352 g/mol. The zero-order chi connectivity index (χ0) is 20.1. The highest BCUT2D eigenvalue weighted by Gasteiger charge is 2.18. The molecule has 0 aliphatic heterocycles. The van der Waals surface area contributed by atoms with Crippen LogP contribution in [0.5, 0.6) is 0 Å². The third-order valence-corrected chi connectivity index (χ3v) is 4.69. The predicted octanol–water partition coefficient (Wildman–Crippen LogP) is 3.91. The Labute approximate surface area is 164 Å². The minimum absolute atomic E-state index is 0.156. The van der Waals surface area contributed by atoms with E-state index in [1.807, 2.05) is 55.4 Å². The van der Waals surface area contributed by atoms with Gasteiger partial charge in [-0.1, -0.05) is 50.1 Å². The number of para-hydroxylation sites is 2. The summed E-state index contributed by atoms with van der Waals surface area (Å²) >= 11 is 0. The molecule has 1 heterocycles. The Hall–Kier alpha value is -3.15. The fraction of sp³-hybridized carbons (Fsp3) is 0.318. The molecule has 0 saturated heterocycles. The molecule has 0 unspecified atom stereocenters. The fourth-order valence-corrected chi connectivity index (χ4v) is 3.22. The predicted molar refractivity (Wildman–Crippen MR) is 114 cm³/mol. The van der Waals surface area contributed by atoms with Crippen LogP contribution in [0.25, 0.3) is 10.8 Å². The van der Waals surface area contributed by atoms with Gasteiger partial charge in [0.1, 0.15) is 0 Å². The van der Waals surface area contributed by atoms with Crippen molar-refractivity contribution in [3.05, 3.63) is 64.6 Å². The van der Waals surface area contributed by atoms with Gasteiger partial charge in [-0.25, -0.2) is 4.68 Å². The van der Waals surface area contributed by atoms with E-state index in [9.17, 15) is 9.59 Å². The normalized spacial score (nSPS) is 10.8. The molecule has 0 radical (unpaired) electrons. The third kappa shape index (κ3) is 4.06. The van der Waals surface area contributed by atoms with Crippen LogP contribution in [-0.2, 0) is 6.54 Å². The maximum atomic E-state index is 13.1. The molecule has 0 saturated carbocycles. The second-order valence-electron chi connectivity index (χ2n) is 7.00. The summed E-state index contributed by atoms with van der Waals surface area (Å²) < 4.78 is 1.42. The van der Waals surface area contributed by atoms with Crippen molar-refractivity contribution in [2.24, 2.45) is 0 Å². The average molecular weight is 378 g/mol. The topological polar surface area (TPSA) is 67.2 Å². The van der Waals surface area contributed by atoms with E-state index in [2.05, 4.69) is 17.3 Å². The van der Waals surface area contributed by atoms with Crippen LogP contribution in [0.2, 0.25) is 0 Å². The Bertz CT molecular complexity index is 1040. The van der Waals surface area contributed by atoms with Crippen LogP contribution < -0.4 is 15.8 Å². The summed E-state index contributed by atoms with van der Waals surface area (Å²) in [6, 6.07) is 14.7. The van der Waals surface area contributed by atoms with Crippen molar-refractivity contribution in [1.82, 2.24) is 9.78 Å². The van der Waals surface area contributed by atoms with Crippen molar-refractivity contribution < 1.29 is 4.79 Å². The molecule has 0 aliphatic carbocycles. The van der Waals surface area contributed by atoms with Crippen molar-refractivity contribution in [2.75, 3.05) is 24.3 Å². The van der Waals surface area contributed by atoms with Crippen LogP contribution in [0.15, 0.2) is 53.3 Å². The Morgan fingerprint density at radius 2 is 1.71 bits per heavy atom. The highest BCUT2D eigenvalue weighted by molar-refractivity contribution is 6.12. The quantitative estimate of drug-likeness (QED) is 0.633. The number of hydrogen-bond donors (Lipinski definition) is 1. The number of fused-ring (bicyclic) bond motifs is 1. The molecule has 1 aromatic heterocycles. The van der Waals surface area contributed by atoms with Gasteiger partial charge in [-0.3, -0.25) is 9.59 Å². The molecule has 28 heavy (non-hydrogen) atoms. The number of aryl methyl sites for hydroxylation is 1. The zero-order valence-corrected chi connectivity index (χ0v) is 16.6. The zero-order valence-electron chi connectivity index (χ0n) is 16.6. The van der Waals surface area contributed by atoms with E-state index in [-0.39, 0.29) is 17.2 Å². The van der Waals surface area contributed by atoms with Gasteiger partial charge in [0.2, 0.25) is 0 Å². The molecule has 0 bridgehead atoms. The first-order valence-electron chi connectivity index (χ1n) is 9.60. The molecule has 146 valence electrons. The van der Waals surface area contributed by atoms with Crippen LogP contribution in [0, 0.1) is 0 Å². The summed E-state index contributed by atoms with van der Waals surface area (Å²) in [6.45, 7) is 2.61. The molecule has 6 heteroatoms. The van der Waals surface area contributed by atoms with Crippen molar-refractivity contribution in [2.45, 2.75) is 32.7 Å². The number of unbranched alkanes of at least 4 members (excludes halogenated alkanes) is 2. The average Bonchev–Trinajstić information content (AvgIpc) is 2.70. The van der Waals surface area contributed by atoms with Gasteiger partial charge in [0.05, 0.1) is 16.8 Å². The number of carbonyl (C=O) groups excluding carboxylic acids is 1. The lowest BCUT2D eigenvalue weighted by atomic mass is 10.1. The van der Waals surface area contributed by atoms with Crippen LogP contribution >= 0.6 is 0 Å². The van der Waals surface area contributed by atoms with Gasteiger partial charge in [0.15, 0.2) is 5.69 Å². The number of aromatic nitrogens is 2. The van der Waals surface area contributed by atoms with Crippen LogP contribution in [-0.4, -0.2) is 29.8 Å². The molecule has 3 rings (SSSR count). The second kappa shape index (κ2) is 8.69. The summed E-state index contributed by atoms with van der Waals surface area (Å²) in [6.07, 6.45) is 2.92. The van der Waals surface area contributed by atoms with Gasteiger partial charge in [-0.05, 0) is 24.6 Å². The van der Waals surface area contributed by atoms with E-state index < -0.39 is 0 Å². The van der Waals surface area contributed by atoms with Crippen molar-refractivity contribution in [1.29, 1.82) is 0 Å². The number of anilines is 2. The van der Waals surface area contributed by atoms with Gasteiger partial charge in [0, 0.05) is 26.0 Å². The monoisotopic (exact) mass is 378 g/mol. The smallest absolute Gasteiger partial charge is 0.276 e. The Balaban J connectivity index is 2.03. The Morgan fingerprint density at radius 3 is 2.43 bits per heavy atom. The molecule has 0 atom stereocenters. The standard InChI is InChI=1S/C22H26N4O2/c1-4-5-10-15-26-22(28)17-12-7-6-11-16(17)20(24-26)21(27)23-18-13-8-9-14-19(18)25(2)3/h6-9,11-14H,4-5,10,15H2,1-3H3,(H,23,27). The number of rotatable bonds is 7. The number of carbonyl (C=O) groups is 1. The molecule has 3 aromatic rings. The highest BCUT2D eigenvalue weighted by atomic mass is 16.2. The molecule has 2 aromatic carbocycles. The molecule has 0 aliphatic rings. The van der Waals surface area contributed by atoms with Crippen LogP contribution in [0.1, 0.15) is 36.7 Å². The minimum Gasteiger partial charge on any atom is -0.376 e. The van der Waals surface area contributed by atoms with Gasteiger partial charge < -0.3 is 10.2 Å². The summed E-state index contributed by atoms with van der Waals surface area (Å²) in [7, 11) is 3.85. The molecule has 0 fully saturated rings. The first kappa shape index (κ1) is 19.6. The van der Waals surface area contributed by atoms with Gasteiger partial charge in [-0.2, -0.15) is 5.10 Å². The van der Waals surface area contributed by atoms with Crippen molar-refractivity contribution in [3.63, 3.8) is 0 Å². The lowest BCUT2D eigenvalue weighted by Gasteiger charge is -2.18. The van der Waals surface area contributed by atoms with E-state index in [1.54, 1.807) is 12.1 Å². The maximum absolute atomic E-state index is 13.1. The number of amides is 1. The number of nitrogens with zero attached hydrogens (tertiary/aromatic N) is 3. The van der Waals surface area contributed by atoms with Crippen molar-refractivity contribution in [3.8, 4) is 0 Å². The maximum Gasteiger partial charge on any atom is 0.276 e. The highest BCUT2D eigenvalue weighted by Crippen LogP contribution is 2.24. The largest absolute Gasteiger partial charge is 0.376 e. The van der Waals surface area contributed by atoms with Gasteiger partial charge in [0.25, 0.3) is 11.5 Å². The van der Waals surface area contributed by atoms with Crippen molar-refractivity contribution >= 4 is 28.1 Å². The third-order valence-electron chi connectivity index (χ3n) is 4.69. The molecule has 6 nitrogen and oxygen atoms in total. The van der Waals surface area contributed by atoms with E-state index in [0.29, 0.717) is 23.0 Å². The fourth-order valence-electron chi connectivity index (χ4n) is 3.22. The Kier molecular flexibility index (Phi) is 6.09. The van der Waals surface area contributed by atoms with Crippen LogP contribution in [0.3, 0.4) is 0 Å². The van der Waals surface area contributed by atoms with Gasteiger partial charge >= 0.3 is 0 Å². The molecular formula is C22H26N4O2. The first-order valence-corrected chi connectivity index (χ1v) is 9.60. The lowest BCUT2D eigenvalue weighted by molar-refractivity contribution is 0.102. The summed E-state index contributed by atoms with van der Waals surface area (Å²) in [5.41, 5.74) is 1.71. The molecule has 0 spiro atoms. The number of nitrogens with one attached hydrogen (secondary N) is 1. The Morgan fingerprint density at radius 1 is 1.04 bits per heavy atom. The summed E-state index contributed by atoms with van der Waals surface area (Å²) in [4.78, 5) is 27.8. The summed E-state index contributed by atoms with van der Waals surface area (Å²) in [5.74, 6) is -0.324. The number of benzene rings is 2.